The molecule has 0 saturated carbocycles. The lowest BCUT2D eigenvalue weighted by Crippen LogP contribution is -2.35. The van der Waals surface area contributed by atoms with Crippen LogP contribution in [0.1, 0.15) is 11.3 Å². The Labute approximate surface area is 167 Å². The molecular formula is C22H21N5O2. The van der Waals surface area contributed by atoms with Crippen LogP contribution in [0.25, 0.3) is 16.5 Å². The van der Waals surface area contributed by atoms with E-state index < -0.39 is 0 Å². The summed E-state index contributed by atoms with van der Waals surface area (Å²) in [6.07, 6.45) is 4.32. The molecule has 7 heteroatoms. The first kappa shape index (κ1) is 18.6. The molecule has 0 unspecified atom stereocenters. The number of rotatable bonds is 6. The van der Waals surface area contributed by atoms with E-state index in [2.05, 4.69) is 15.5 Å². The highest BCUT2D eigenvalue weighted by Crippen LogP contribution is 2.12. The summed E-state index contributed by atoms with van der Waals surface area (Å²) in [5.74, 6) is -0.234. The first-order valence-electron chi connectivity index (χ1n) is 9.44. The second kappa shape index (κ2) is 8.10. The van der Waals surface area contributed by atoms with E-state index in [9.17, 15) is 9.59 Å². The molecule has 4 aromatic rings. The molecule has 4 rings (SSSR count). The zero-order valence-electron chi connectivity index (χ0n) is 16.1. The molecule has 0 radical (unpaired) electrons. The third-order valence-electron chi connectivity index (χ3n) is 4.79. The van der Waals surface area contributed by atoms with Crippen LogP contribution in [0, 0.1) is 6.92 Å². The van der Waals surface area contributed by atoms with Crippen molar-refractivity contribution in [3.05, 3.63) is 88.6 Å². The molecule has 2 aromatic carbocycles. The van der Waals surface area contributed by atoms with E-state index in [-0.39, 0.29) is 18.0 Å². The number of aromatic nitrogens is 4. The number of nitrogens with one attached hydrogen (secondary N) is 1. The molecule has 0 aliphatic rings. The van der Waals surface area contributed by atoms with Crippen LogP contribution >= 0.6 is 0 Å². The van der Waals surface area contributed by atoms with Crippen molar-refractivity contribution < 1.29 is 4.79 Å². The number of fused-ring (bicyclic) bond motifs is 1. The van der Waals surface area contributed by atoms with Crippen molar-refractivity contribution in [1.29, 1.82) is 0 Å². The van der Waals surface area contributed by atoms with Gasteiger partial charge in [-0.3, -0.25) is 9.59 Å². The van der Waals surface area contributed by atoms with Gasteiger partial charge in [0.1, 0.15) is 6.54 Å². The quantitative estimate of drug-likeness (QED) is 0.550. The number of nitrogens with zero attached hydrogens (tertiary/aromatic N) is 4. The summed E-state index contributed by atoms with van der Waals surface area (Å²) in [5.41, 5.74) is 2.57. The summed E-state index contributed by atoms with van der Waals surface area (Å²) in [6.45, 7) is 2.23. The monoisotopic (exact) mass is 387 g/mol. The summed E-state index contributed by atoms with van der Waals surface area (Å²) in [7, 11) is 0. The zero-order chi connectivity index (χ0) is 20.2. The molecule has 0 spiro atoms. The molecule has 0 aliphatic carbocycles. The number of aryl methyl sites for hydroxylation is 1. The Bertz CT molecular complexity index is 1190. The number of carbonyl (C=O) groups is 1. The molecule has 146 valence electrons. The van der Waals surface area contributed by atoms with E-state index in [1.165, 1.54) is 4.68 Å². The van der Waals surface area contributed by atoms with Gasteiger partial charge >= 0.3 is 0 Å². The van der Waals surface area contributed by atoms with Gasteiger partial charge in [0.2, 0.25) is 5.91 Å². The molecule has 1 amide bonds. The average molecular weight is 387 g/mol. The second-order valence-electron chi connectivity index (χ2n) is 6.81. The van der Waals surface area contributed by atoms with E-state index in [1.807, 2.05) is 61.7 Å². The maximum Gasteiger partial charge on any atom is 0.275 e. The second-order valence-corrected chi connectivity index (χ2v) is 6.81. The molecule has 7 nitrogen and oxygen atoms in total. The van der Waals surface area contributed by atoms with Crippen LogP contribution in [0.5, 0.6) is 0 Å². The third kappa shape index (κ3) is 4.08. The largest absolute Gasteiger partial charge is 0.354 e. The smallest absolute Gasteiger partial charge is 0.275 e. The minimum atomic E-state index is -0.254. The van der Waals surface area contributed by atoms with Crippen molar-refractivity contribution in [3.63, 3.8) is 0 Å². The lowest BCUT2D eigenvalue weighted by Gasteiger charge is -2.10. The Morgan fingerprint density at radius 2 is 1.79 bits per heavy atom. The van der Waals surface area contributed by atoms with Gasteiger partial charge in [0.15, 0.2) is 0 Å². The Morgan fingerprint density at radius 3 is 2.52 bits per heavy atom. The topological polar surface area (TPSA) is 81.8 Å². The molecule has 2 heterocycles. The average Bonchev–Trinajstić information content (AvgIpc) is 3.27. The van der Waals surface area contributed by atoms with Crippen LogP contribution in [0.2, 0.25) is 0 Å². The van der Waals surface area contributed by atoms with Gasteiger partial charge in [-0.1, -0.05) is 30.3 Å². The zero-order valence-corrected chi connectivity index (χ0v) is 16.1. The lowest BCUT2D eigenvalue weighted by molar-refractivity contribution is -0.121. The van der Waals surface area contributed by atoms with Crippen LogP contribution in [0.15, 0.2) is 71.8 Å². The van der Waals surface area contributed by atoms with Crippen molar-refractivity contribution in [3.8, 4) is 5.69 Å². The van der Waals surface area contributed by atoms with Gasteiger partial charge in [0.05, 0.1) is 16.8 Å². The highest BCUT2D eigenvalue weighted by Gasteiger charge is 2.10. The van der Waals surface area contributed by atoms with E-state index in [0.29, 0.717) is 18.4 Å². The van der Waals surface area contributed by atoms with Crippen LogP contribution in [-0.4, -0.2) is 32.0 Å². The standard InChI is InChI=1S/C22H21N5O2/c1-16-19-5-2-3-6-20(19)22(29)27(25-16)15-21(28)23-13-11-17-7-9-18(10-8-17)26-14-4-12-24-26/h2-10,12,14H,11,13,15H2,1H3,(H,23,28). The van der Waals surface area contributed by atoms with Gasteiger partial charge in [-0.15, -0.1) is 0 Å². The summed E-state index contributed by atoms with van der Waals surface area (Å²) in [4.78, 5) is 24.8. The van der Waals surface area contributed by atoms with Gasteiger partial charge in [-0.25, -0.2) is 9.36 Å². The maximum atomic E-state index is 12.6. The van der Waals surface area contributed by atoms with Gasteiger partial charge in [-0.2, -0.15) is 10.2 Å². The Hall–Kier alpha value is -3.74. The van der Waals surface area contributed by atoms with Gasteiger partial charge < -0.3 is 5.32 Å². The first-order valence-corrected chi connectivity index (χ1v) is 9.44. The molecule has 0 bridgehead atoms. The highest BCUT2D eigenvalue weighted by atomic mass is 16.2. The Kier molecular flexibility index (Phi) is 5.20. The number of carbonyl (C=O) groups excluding carboxylic acids is 1. The SMILES string of the molecule is Cc1nn(CC(=O)NCCc2ccc(-n3cccn3)cc2)c(=O)c2ccccc12. The fraction of sp³-hybridized carbons (Fsp3) is 0.182. The van der Waals surface area contributed by atoms with Crippen LogP contribution in [0.3, 0.4) is 0 Å². The molecule has 2 aromatic heterocycles. The number of hydrogen-bond donors (Lipinski definition) is 1. The van der Waals surface area contributed by atoms with Crippen molar-refractivity contribution >= 4 is 16.7 Å². The van der Waals surface area contributed by atoms with E-state index in [4.69, 9.17) is 0 Å². The highest BCUT2D eigenvalue weighted by molar-refractivity contribution is 5.83. The summed E-state index contributed by atoms with van der Waals surface area (Å²) in [5, 5.41) is 12.7. The van der Waals surface area contributed by atoms with Crippen LogP contribution in [0.4, 0.5) is 0 Å². The fourth-order valence-electron chi connectivity index (χ4n) is 3.29. The molecule has 1 N–H and O–H groups in total. The summed E-state index contributed by atoms with van der Waals surface area (Å²) in [6, 6.07) is 17.2. The van der Waals surface area contributed by atoms with Gasteiger partial charge in [0.25, 0.3) is 5.56 Å². The fourth-order valence-corrected chi connectivity index (χ4v) is 3.29. The predicted octanol–water partition coefficient (Wildman–Crippen LogP) is 2.25. The normalized spacial score (nSPS) is 10.9. The minimum absolute atomic E-state index is 0.0945. The minimum Gasteiger partial charge on any atom is -0.354 e. The van der Waals surface area contributed by atoms with Crippen molar-refractivity contribution in [1.82, 2.24) is 24.9 Å². The van der Waals surface area contributed by atoms with Crippen LogP contribution < -0.4 is 10.9 Å². The maximum absolute atomic E-state index is 12.6. The third-order valence-corrected chi connectivity index (χ3v) is 4.79. The number of benzene rings is 2. The van der Waals surface area contributed by atoms with Crippen molar-refractivity contribution in [2.75, 3.05) is 6.54 Å². The molecule has 0 fully saturated rings. The van der Waals surface area contributed by atoms with E-state index >= 15 is 0 Å². The molecule has 0 saturated heterocycles. The summed E-state index contributed by atoms with van der Waals surface area (Å²) >= 11 is 0. The predicted molar refractivity (Wildman–Crippen MR) is 111 cm³/mol. The van der Waals surface area contributed by atoms with E-state index in [0.717, 1.165) is 22.3 Å². The van der Waals surface area contributed by atoms with Crippen molar-refractivity contribution in [2.24, 2.45) is 0 Å². The Morgan fingerprint density at radius 1 is 1.03 bits per heavy atom. The molecule has 0 aliphatic heterocycles. The molecular weight excluding hydrogens is 366 g/mol. The van der Waals surface area contributed by atoms with E-state index in [1.54, 1.807) is 16.9 Å². The number of hydrogen-bond acceptors (Lipinski definition) is 4. The summed E-state index contributed by atoms with van der Waals surface area (Å²) < 4.78 is 3.02. The van der Waals surface area contributed by atoms with Crippen LogP contribution in [-0.2, 0) is 17.8 Å². The Balaban J connectivity index is 1.35. The number of amides is 1. The molecule has 29 heavy (non-hydrogen) atoms. The van der Waals surface area contributed by atoms with Gasteiger partial charge in [0, 0.05) is 24.3 Å². The first-order chi connectivity index (χ1) is 14.1. The molecule has 0 atom stereocenters. The van der Waals surface area contributed by atoms with Gasteiger partial charge in [-0.05, 0) is 43.2 Å². The van der Waals surface area contributed by atoms with Crippen molar-refractivity contribution in [2.45, 2.75) is 19.9 Å². The lowest BCUT2D eigenvalue weighted by atomic mass is 10.1.